The Bertz CT molecular complexity index is 1420. The van der Waals surface area contributed by atoms with Crippen molar-refractivity contribution in [2.75, 3.05) is 13.1 Å². The number of nitrogens with zero attached hydrogens (tertiary/aromatic N) is 4. The van der Waals surface area contributed by atoms with E-state index in [1.165, 1.54) is 30.3 Å². The molecule has 42 heavy (non-hydrogen) atoms. The summed E-state index contributed by atoms with van der Waals surface area (Å²) in [6.07, 6.45) is 1.37. The molecular formula is C29H36N6O7. The molecule has 2 aromatic carbocycles. The van der Waals surface area contributed by atoms with Gasteiger partial charge in [0.25, 0.3) is 11.4 Å². The lowest BCUT2D eigenvalue weighted by atomic mass is 9.62. The molecule has 13 nitrogen and oxygen atoms in total. The first kappa shape index (κ1) is 31.8. The molecule has 224 valence electrons. The summed E-state index contributed by atoms with van der Waals surface area (Å²) in [5.74, 6) is -0.278. The molecule has 0 heterocycles. The van der Waals surface area contributed by atoms with Crippen LogP contribution in [0, 0.1) is 31.1 Å². The predicted molar refractivity (Wildman–Crippen MR) is 158 cm³/mol. The van der Waals surface area contributed by atoms with Gasteiger partial charge in [-0.15, -0.1) is 0 Å². The van der Waals surface area contributed by atoms with E-state index < -0.39 is 15.9 Å². The van der Waals surface area contributed by atoms with Crippen LogP contribution in [-0.2, 0) is 9.63 Å². The molecular weight excluding hydrogens is 544 g/mol. The number of rotatable bonds is 10. The molecule has 0 radical (unpaired) electrons. The number of nitro benzene ring substituents is 2. The summed E-state index contributed by atoms with van der Waals surface area (Å²) in [4.78, 5) is 55.6. The maximum Gasteiger partial charge on any atom is 0.433 e. The summed E-state index contributed by atoms with van der Waals surface area (Å²) in [6, 6.07) is 11.7. The van der Waals surface area contributed by atoms with Crippen LogP contribution in [0.4, 0.5) is 16.2 Å². The SMILES string of the molecule is C/C(=N\CC(=O)NCC1(C)CC(NC(=O)O/N=C(\C)c2cccc([N+](=O)[O-])c2)CC(C)(C)C1)c1cccc([N+](=O)[O-])c1. The van der Waals surface area contributed by atoms with Crippen LogP contribution >= 0.6 is 0 Å². The number of carbonyl (C=O) groups is 2. The van der Waals surface area contributed by atoms with Crippen LogP contribution in [0.25, 0.3) is 0 Å². The molecule has 1 aliphatic carbocycles. The first-order valence-electron chi connectivity index (χ1n) is 13.5. The number of oxime groups is 1. The van der Waals surface area contributed by atoms with Crippen molar-refractivity contribution in [1.29, 1.82) is 0 Å². The third-order valence-corrected chi connectivity index (χ3v) is 7.15. The predicted octanol–water partition coefficient (Wildman–Crippen LogP) is 5.16. The van der Waals surface area contributed by atoms with Gasteiger partial charge in [0.05, 0.1) is 15.6 Å². The molecule has 0 saturated heterocycles. The first-order valence-corrected chi connectivity index (χ1v) is 13.5. The number of non-ortho nitro benzene ring substituents is 2. The number of nitrogens with one attached hydrogen (secondary N) is 2. The fourth-order valence-electron chi connectivity index (χ4n) is 5.56. The van der Waals surface area contributed by atoms with Crippen LogP contribution in [0.3, 0.4) is 0 Å². The highest BCUT2D eigenvalue weighted by Crippen LogP contribution is 2.45. The molecule has 2 unspecified atom stereocenters. The maximum atomic E-state index is 12.6. The average molecular weight is 581 g/mol. The Balaban J connectivity index is 1.56. The molecule has 0 spiro atoms. The van der Waals surface area contributed by atoms with Crippen LogP contribution in [0.5, 0.6) is 0 Å². The lowest BCUT2D eigenvalue weighted by molar-refractivity contribution is -0.385. The summed E-state index contributed by atoms with van der Waals surface area (Å²) in [6.45, 7) is 9.79. The second kappa shape index (κ2) is 13.3. The number of aliphatic imine (C=N–C) groups is 1. The van der Waals surface area contributed by atoms with Crippen LogP contribution in [-0.4, -0.2) is 52.4 Å². The van der Waals surface area contributed by atoms with E-state index in [0.717, 1.165) is 6.42 Å². The quantitative estimate of drug-likeness (QED) is 0.168. The van der Waals surface area contributed by atoms with Crippen molar-refractivity contribution < 1.29 is 24.3 Å². The summed E-state index contributed by atoms with van der Waals surface area (Å²) in [7, 11) is 0. The van der Waals surface area contributed by atoms with Gasteiger partial charge in [-0.3, -0.25) is 34.9 Å². The van der Waals surface area contributed by atoms with E-state index in [9.17, 15) is 29.8 Å². The Morgan fingerprint density at radius 3 is 2.10 bits per heavy atom. The molecule has 1 fully saturated rings. The molecule has 3 rings (SSSR count). The second-order valence-electron chi connectivity index (χ2n) is 11.7. The third-order valence-electron chi connectivity index (χ3n) is 7.15. The molecule has 2 aromatic rings. The van der Waals surface area contributed by atoms with E-state index in [1.54, 1.807) is 32.0 Å². The van der Waals surface area contributed by atoms with Gasteiger partial charge in [-0.2, -0.15) is 0 Å². The minimum atomic E-state index is -0.736. The van der Waals surface area contributed by atoms with Crippen molar-refractivity contribution in [3.63, 3.8) is 0 Å². The van der Waals surface area contributed by atoms with Gasteiger partial charge >= 0.3 is 6.09 Å². The number of hydrogen-bond donors (Lipinski definition) is 2. The van der Waals surface area contributed by atoms with E-state index in [1.807, 2.05) is 0 Å². The van der Waals surface area contributed by atoms with E-state index in [2.05, 4.69) is 41.6 Å². The number of benzene rings is 2. The van der Waals surface area contributed by atoms with Gasteiger partial charge in [-0.1, -0.05) is 50.2 Å². The normalized spacial score (nSPS) is 20.4. The lowest BCUT2D eigenvalue weighted by Crippen LogP contribution is -2.50. The number of hydrogen-bond acceptors (Lipinski definition) is 9. The van der Waals surface area contributed by atoms with Crippen molar-refractivity contribution in [3.05, 3.63) is 79.9 Å². The largest absolute Gasteiger partial charge is 0.433 e. The van der Waals surface area contributed by atoms with Crippen LogP contribution in [0.1, 0.15) is 65.0 Å². The van der Waals surface area contributed by atoms with E-state index in [-0.39, 0.29) is 40.7 Å². The standard InChI is InChI=1S/C29H36N6O7/c1-19(21-8-6-10-24(12-21)34(38)39)30-16-26(36)31-18-29(5)15-23(14-28(3,4)17-29)32-27(37)42-33-20(2)22-9-7-11-25(13-22)35(40)41/h6-13,23H,14-18H2,1-5H3,(H,31,36)(H,32,37)/b30-19+,33-20+. The number of carbonyl (C=O) groups excluding carboxylic acids is 2. The Morgan fingerprint density at radius 2 is 1.52 bits per heavy atom. The molecule has 2 amide bonds. The van der Waals surface area contributed by atoms with Crippen LogP contribution in [0.2, 0.25) is 0 Å². The summed E-state index contributed by atoms with van der Waals surface area (Å²) < 4.78 is 0. The molecule has 0 bridgehead atoms. The number of nitro groups is 2. The van der Waals surface area contributed by atoms with Gasteiger partial charge in [-0.25, -0.2) is 4.79 Å². The topological polar surface area (TPSA) is 178 Å². The van der Waals surface area contributed by atoms with E-state index in [4.69, 9.17) is 4.84 Å². The minimum absolute atomic E-state index is 0.0456. The van der Waals surface area contributed by atoms with Gasteiger partial charge in [0, 0.05) is 53.7 Å². The highest BCUT2D eigenvalue weighted by Gasteiger charge is 2.42. The van der Waals surface area contributed by atoms with Crippen molar-refractivity contribution in [1.82, 2.24) is 10.6 Å². The second-order valence-corrected chi connectivity index (χ2v) is 11.7. The van der Waals surface area contributed by atoms with Gasteiger partial charge in [-0.05, 0) is 43.9 Å². The van der Waals surface area contributed by atoms with E-state index in [0.29, 0.717) is 41.9 Å². The first-order chi connectivity index (χ1) is 19.7. The molecule has 2 N–H and O–H groups in total. The van der Waals surface area contributed by atoms with E-state index >= 15 is 0 Å². The van der Waals surface area contributed by atoms with Gasteiger partial charge < -0.3 is 10.6 Å². The molecule has 1 aliphatic rings. The lowest BCUT2D eigenvalue weighted by Gasteiger charge is -2.46. The minimum Gasteiger partial charge on any atom is -0.354 e. The Morgan fingerprint density at radius 1 is 0.952 bits per heavy atom. The Hall–Kier alpha value is -4.68. The highest BCUT2D eigenvalue weighted by atomic mass is 16.7. The maximum absolute atomic E-state index is 12.6. The molecule has 1 saturated carbocycles. The van der Waals surface area contributed by atoms with Crippen molar-refractivity contribution >= 4 is 34.8 Å². The van der Waals surface area contributed by atoms with Gasteiger partial charge in [0.15, 0.2) is 0 Å². The molecule has 0 aromatic heterocycles. The van der Waals surface area contributed by atoms with Crippen LogP contribution < -0.4 is 10.6 Å². The Labute approximate surface area is 243 Å². The van der Waals surface area contributed by atoms with Crippen molar-refractivity contribution in [2.45, 2.75) is 59.9 Å². The molecule has 2 atom stereocenters. The average Bonchev–Trinajstić information content (AvgIpc) is 2.92. The fraction of sp³-hybridized carbons (Fsp3) is 0.448. The summed E-state index contributed by atoms with van der Waals surface area (Å²) in [5.41, 5.74) is 1.28. The van der Waals surface area contributed by atoms with Crippen molar-refractivity contribution in [3.8, 4) is 0 Å². The van der Waals surface area contributed by atoms with Gasteiger partial charge in [0.1, 0.15) is 6.54 Å². The smallest absolute Gasteiger partial charge is 0.354 e. The monoisotopic (exact) mass is 580 g/mol. The zero-order valence-electron chi connectivity index (χ0n) is 24.4. The third kappa shape index (κ3) is 9.18. The summed E-state index contributed by atoms with van der Waals surface area (Å²) in [5, 5.41) is 31.7. The fourth-order valence-corrected chi connectivity index (χ4v) is 5.56. The highest BCUT2D eigenvalue weighted by molar-refractivity contribution is 6.00. The zero-order valence-corrected chi connectivity index (χ0v) is 24.4. The molecule has 0 aliphatic heterocycles. The van der Waals surface area contributed by atoms with Crippen LogP contribution in [0.15, 0.2) is 58.7 Å². The summed E-state index contributed by atoms with van der Waals surface area (Å²) >= 11 is 0. The zero-order chi connectivity index (χ0) is 31.1. The number of amides is 2. The van der Waals surface area contributed by atoms with Gasteiger partial charge in [0.2, 0.25) is 5.91 Å². The van der Waals surface area contributed by atoms with Crippen molar-refractivity contribution in [2.24, 2.45) is 21.0 Å². The Kier molecular flexibility index (Phi) is 10.1. The molecule has 13 heteroatoms.